The number of nitrogen functional groups attached to an aromatic ring is 1. The summed E-state index contributed by atoms with van der Waals surface area (Å²) >= 11 is 1.41. The molecule has 9 heteroatoms. The molecular weight excluding hydrogens is 341 g/mol. The first-order valence-electron chi connectivity index (χ1n) is 7.59. The first kappa shape index (κ1) is 15.5. The lowest BCUT2D eigenvalue weighted by atomic mass is 10.1. The Bertz CT molecular complexity index is 990. The Morgan fingerprint density at radius 3 is 2.96 bits per heavy atom. The quantitative estimate of drug-likeness (QED) is 0.594. The highest BCUT2D eigenvalue weighted by molar-refractivity contribution is 7.13. The van der Waals surface area contributed by atoms with Gasteiger partial charge in [0.05, 0.1) is 17.6 Å². The summed E-state index contributed by atoms with van der Waals surface area (Å²) < 4.78 is 17.1. The number of halogens is 1. The molecule has 0 atom stereocenters. The maximum Gasteiger partial charge on any atom is 0.180 e. The molecular formula is C16H14FN7S. The van der Waals surface area contributed by atoms with Crippen molar-refractivity contribution in [2.45, 2.75) is 13.0 Å². The number of aromatic nitrogens is 6. The first-order chi connectivity index (χ1) is 12.2. The van der Waals surface area contributed by atoms with Gasteiger partial charge in [-0.1, -0.05) is 5.21 Å². The van der Waals surface area contributed by atoms with Crippen LogP contribution >= 0.6 is 11.3 Å². The van der Waals surface area contributed by atoms with Gasteiger partial charge in [0.2, 0.25) is 0 Å². The van der Waals surface area contributed by atoms with E-state index in [0.717, 1.165) is 11.4 Å². The molecule has 0 fully saturated rings. The number of nitrogens with two attached hydrogens (primary N) is 1. The SMILES string of the molecule is Nc1nc(CCn2cc(-c3cc(F)ccc3-n3cccn3)nn2)cs1. The molecule has 2 N–H and O–H groups in total. The van der Waals surface area contributed by atoms with Crippen LogP contribution in [0.4, 0.5) is 9.52 Å². The number of hydrogen-bond acceptors (Lipinski definition) is 6. The Labute approximate surface area is 146 Å². The molecule has 0 aliphatic rings. The topological polar surface area (TPSA) is 87.4 Å². The van der Waals surface area contributed by atoms with E-state index in [1.165, 1.54) is 23.5 Å². The summed E-state index contributed by atoms with van der Waals surface area (Å²) in [4.78, 5) is 4.22. The van der Waals surface area contributed by atoms with Crippen molar-refractivity contribution in [2.75, 3.05) is 5.73 Å². The second kappa shape index (κ2) is 6.44. The lowest BCUT2D eigenvalue weighted by molar-refractivity contribution is 0.585. The van der Waals surface area contributed by atoms with E-state index in [1.54, 1.807) is 34.0 Å². The minimum Gasteiger partial charge on any atom is -0.375 e. The summed E-state index contributed by atoms with van der Waals surface area (Å²) in [7, 11) is 0. The van der Waals surface area contributed by atoms with E-state index in [2.05, 4.69) is 20.4 Å². The highest BCUT2D eigenvalue weighted by Crippen LogP contribution is 2.25. The fourth-order valence-electron chi connectivity index (χ4n) is 2.52. The van der Waals surface area contributed by atoms with E-state index in [-0.39, 0.29) is 5.82 Å². The Balaban J connectivity index is 1.60. The molecule has 3 heterocycles. The normalized spacial score (nSPS) is 11.1. The molecule has 4 rings (SSSR count). The van der Waals surface area contributed by atoms with Crippen molar-refractivity contribution < 1.29 is 4.39 Å². The van der Waals surface area contributed by atoms with Crippen molar-refractivity contribution in [1.29, 1.82) is 0 Å². The number of rotatable bonds is 5. The van der Waals surface area contributed by atoms with Gasteiger partial charge < -0.3 is 5.73 Å². The van der Waals surface area contributed by atoms with E-state index < -0.39 is 0 Å². The molecule has 0 aliphatic carbocycles. The molecule has 7 nitrogen and oxygen atoms in total. The fourth-order valence-corrected chi connectivity index (χ4v) is 3.12. The predicted molar refractivity (Wildman–Crippen MR) is 92.8 cm³/mol. The Morgan fingerprint density at radius 2 is 2.20 bits per heavy atom. The first-order valence-corrected chi connectivity index (χ1v) is 8.47. The van der Waals surface area contributed by atoms with E-state index in [4.69, 9.17) is 5.73 Å². The summed E-state index contributed by atoms with van der Waals surface area (Å²) in [5, 5.41) is 15.0. The zero-order valence-electron chi connectivity index (χ0n) is 13.1. The summed E-state index contributed by atoms with van der Waals surface area (Å²) in [5.74, 6) is -0.335. The maximum absolute atomic E-state index is 13.7. The predicted octanol–water partition coefficient (Wildman–Crippen LogP) is 2.55. The molecule has 25 heavy (non-hydrogen) atoms. The van der Waals surface area contributed by atoms with Gasteiger partial charge >= 0.3 is 0 Å². The van der Waals surface area contributed by atoms with Crippen molar-refractivity contribution in [3.8, 4) is 16.9 Å². The zero-order chi connectivity index (χ0) is 17.2. The smallest absolute Gasteiger partial charge is 0.180 e. The van der Waals surface area contributed by atoms with Gasteiger partial charge in [-0.2, -0.15) is 5.10 Å². The lowest BCUT2D eigenvalue weighted by Gasteiger charge is -2.07. The largest absolute Gasteiger partial charge is 0.375 e. The monoisotopic (exact) mass is 355 g/mol. The van der Waals surface area contributed by atoms with Gasteiger partial charge in [0.25, 0.3) is 0 Å². The average Bonchev–Trinajstić information content (AvgIpc) is 3.35. The third kappa shape index (κ3) is 3.26. The molecule has 0 amide bonds. The number of aryl methyl sites for hydroxylation is 2. The number of nitrogens with zero attached hydrogens (tertiary/aromatic N) is 6. The van der Waals surface area contributed by atoms with Crippen LogP contribution in [0.2, 0.25) is 0 Å². The van der Waals surface area contributed by atoms with Gasteiger partial charge in [-0.3, -0.25) is 4.68 Å². The van der Waals surface area contributed by atoms with Crippen LogP contribution in [0.1, 0.15) is 5.69 Å². The molecule has 4 aromatic rings. The molecule has 0 saturated carbocycles. The molecule has 0 unspecified atom stereocenters. The van der Waals surface area contributed by atoms with E-state index in [1.807, 2.05) is 11.4 Å². The Hall–Kier alpha value is -3.07. The highest BCUT2D eigenvalue weighted by Gasteiger charge is 2.13. The van der Waals surface area contributed by atoms with Crippen LogP contribution < -0.4 is 5.73 Å². The second-order valence-electron chi connectivity index (χ2n) is 5.41. The molecule has 0 spiro atoms. The average molecular weight is 355 g/mol. The molecule has 1 aromatic carbocycles. The Morgan fingerprint density at radius 1 is 1.28 bits per heavy atom. The van der Waals surface area contributed by atoms with Gasteiger partial charge in [0.15, 0.2) is 5.13 Å². The number of thiazole rings is 1. The van der Waals surface area contributed by atoms with Crippen molar-refractivity contribution >= 4 is 16.5 Å². The second-order valence-corrected chi connectivity index (χ2v) is 6.30. The van der Waals surface area contributed by atoms with Crippen molar-refractivity contribution in [1.82, 2.24) is 29.8 Å². The van der Waals surface area contributed by atoms with Crippen LogP contribution in [-0.2, 0) is 13.0 Å². The van der Waals surface area contributed by atoms with E-state index in [0.29, 0.717) is 29.4 Å². The lowest BCUT2D eigenvalue weighted by Crippen LogP contribution is -2.02. The van der Waals surface area contributed by atoms with Gasteiger partial charge in [0.1, 0.15) is 11.5 Å². The number of anilines is 1. The van der Waals surface area contributed by atoms with Crippen LogP contribution in [0, 0.1) is 5.82 Å². The van der Waals surface area contributed by atoms with Crippen LogP contribution in [0.25, 0.3) is 16.9 Å². The third-order valence-electron chi connectivity index (χ3n) is 3.69. The van der Waals surface area contributed by atoms with E-state index in [9.17, 15) is 4.39 Å². The van der Waals surface area contributed by atoms with E-state index >= 15 is 0 Å². The van der Waals surface area contributed by atoms with Crippen molar-refractivity contribution in [3.05, 3.63) is 59.7 Å². The van der Waals surface area contributed by atoms with Crippen LogP contribution in [-0.4, -0.2) is 29.8 Å². The Kier molecular flexibility index (Phi) is 3.98. The molecule has 0 aliphatic heterocycles. The van der Waals surface area contributed by atoms with Gasteiger partial charge in [0, 0.05) is 36.3 Å². The number of benzene rings is 1. The van der Waals surface area contributed by atoms with Crippen LogP contribution in [0.15, 0.2) is 48.2 Å². The molecule has 0 saturated heterocycles. The summed E-state index contributed by atoms with van der Waals surface area (Å²) in [5.41, 5.74) is 8.51. The third-order valence-corrected chi connectivity index (χ3v) is 4.41. The number of hydrogen-bond donors (Lipinski definition) is 1. The minimum absolute atomic E-state index is 0.335. The minimum atomic E-state index is -0.335. The van der Waals surface area contributed by atoms with Gasteiger partial charge in [-0.15, -0.1) is 16.4 Å². The van der Waals surface area contributed by atoms with Crippen LogP contribution in [0.3, 0.4) is 0 Å². The molecule has 0 radical (unpaired) electrons. The van der Waals surface area contributed by atoms with Crippen molar-refractivity contribution in [3.63, 3.8) is 0 Å². The summed E-state index contributed by atoms with van der Waals surface area (Å²) in [6.45, 7) is 0.614. The zero-order valence-corrected chi connectivity index (χ0v) is 13.9. The molecule has 126 valence electrons. The fraction of sp³-hybridized carbons (Fsp3) is 0.125. The maximum atomic E-state index is 13.7. The van der Waals surface area contributed by atoms with Crippen molar-refractivity contribution in [2.24, 2.45) is 0 Å². The van der Waals surface area contributed by atoms with Gasteiger partial charge in [-0.25, -0.2) is 14.1 Å². The standard InChI is InChI=1S/C16H14FN7S/c17-11-2-3-15(24-6-1-5-19-24)13(8-11)14-9-23(22-21-14)7-4-12-10-25-16(18)20-12/h1-3,5-6,8-10H,4,7H2,(H2,18,20). The highest BCUT2D eigenvalue weighted by atomic mass is 32.1. The van der Waals surface area contributed by atoms with Crippen LogP contribution in [0.5, 0.6) is 0 Å². The molecule has 0 bridgehead atoms. The van der Waals surface area contributed by atoms with Gasteiger partial charge in [-0.05, 0) is 24.3 Å². The summed E-state index contributed by atoms with van der Waals surface area (Å²) in [6, 6.07) is 6.32. The summed E-state index contributed by atoms with van der Waals surface area (Å²) in [6.07, 6.45) is 5.96. The molecule has 3 aromatic heterocycles.